The van der Waals surface area contributed by atoms with E-state index in [0.717, 1.165) is 16.7 Å². The molecule has 0 radical (unpaired) electrons. The molecule has 2 aliphatic heterocycles. The second-order valence-corrected chi connectivity index (χ2v) is 10.5. The third-order valence-corrected chi connectivity index (χ3v) is 8.06. The van der Waals surface area contributed by atoms with Crippen molar-refractivity contribution in [2.24, 2.45) is 0 Å². The number of pyridine rings is 1. The smallest absolute Gasteiger partial charge is 0.326 e. The Balaban J connectivity index is 1.09. The molecule has 7 rings (SSSR count). The van der Waals surface area contributed by atoms with Crippen molar-refractivity contribution in [3.63, 3.8) is 0 Å². The van der Waals surface area contributed by atoms with Gasteiger partial charge in [0.1, 0.15) is 11.7 Å². The minimum absolute atomic E-state index is 0.0291. The molecular formula is C32H28N8O2. The standard InChI is InChI=1S/C32H28N8O2/c33-28(40-27-10-5-17-35-30(27)36-24-7-2-1-6-23(24)29(40)34)20-11-13-21(14-12-20)31(41)38-18-15-22(16-19-38)39-26-9-4-3-8-25(26)37-32(39)42/h1-14,17,22,33-34H,15-16,18-19H2,(H,35,36)(H,37,42). The number of hydrogen-bond donors (Lipinski definition) is 4. The molecule has 0 unspecified atom stereocenters. The van der Waals surface area contributed by atoms with E-state index in [1.807, 2.05) is 64.1 Å². The van der Waals surface area contributed by atoms with Crippen LogP contribution in [-0.2, 0) is 0 Å². The van der Waals surface area contributed by atoms with Gasteiger partial charge in [0.25, 0.3) is 5.91 Å². The van der Waals surface area contributed by atoms with Gasteiger partial charge in [-0.15, -0.1) is 0 Å². The lowest BCUT2D eigenvalue weighted by Crippen LogP contribution is -2.40. The highest BCUT2D eigenvalue weighted by Crippen LogP contribution is 2.35. The molecule has 0 aliphatic carbocycles. The second-order valence-electron chi connectivity index (χ2n) is 10.5. The van der Waals surface area contributed by atoms with Gasteiger partial charge in [-0.3, -0.25) is 25.1 Å². The fraction of sp³-hybridized carbons (Fsp3) is 0.156. The number of amides is 1. The fourth-order valence-corrected chi connectivity index (χ4v) is 5.92. The van der Waals surface area contributed by atoms with Crippen molar-refractivity contribution in [2.75, 3.05) is 23.3 Å². The molecule has 2 aliphatic rings. The molecule has 4 heterocycles. The molecule has 1 saturated heterocycles. The topological polar surface area (TPSA) is 134 Å². The van der Waals surface area contributed by atoms with Crippen LogP contribution in [0.2, 0.25) is 0 Å². The SMILES string of the molecule is N=C(c1ccc(C(=O)N2CCC(n3c(=O)[nH]c4ccccc43)CC2)cc1)N1C(=N)c2ccccc2Nc2ncccc21. The zero-order valence-corrected chi connectivity index (χ0v) is 22.7. The predicted molar refractivity (Wildman–Crippen MR) is 163 cm³/mol. The summed E-state index contributed by atoms with van der Waals surface area (Å²) in [5.41, 5.74) is 4.71. The highest BCUT2D eigenvalue weighted by Gasteiger charge is 2.29. The molecular weight excluding hydrogens is 528 g/mol. The Labute approximate surface area is 241 Å². The molecule has 0 saturated carbocycles. The highest BCUT2D eigenvalue weighted by molar-refractivity contribution is 6.30. The average molecular weight is 557 g/mol. The van der Waals surface area contributed by atoms with Gasteiger partial charge in [-0.05, 0) is 61.4 Å². The van der Waals surface area contributed by atoms with Crippen LogP contribution in [0.1, 0.15) is 40.4 Å². The average Bonchev–Trinajstić information content (AvgIpc) is 3.31. The van der Waals surface area contributed by atoms with Gasteiger partial charge in [0, 0.05) is 42.0 Å². The van der Waals surface area contributed by atoms with Crippen molar-refractivity contribution in [3.05, 3.63) is 118 Å². The summed E-state index contributed by atoms with van der Waals surface area (Å²) in [4.78, 5) is 36.8. The number of benzene rings is 3. The van der Waals surface area contributed by atoms with E-state index in [2.05, 4.69) is 15.3 Å². The maximum atomic E-state index is 13.4. The number of rotatable bonds is 3. The Bertz CT molecular complexity index is 1920. The Kier molecular flexibility index (Phi) is 6.15. The van der Waals surface area contributed by atoms with Crippen LogP contribution in [0.25, 0.3) is 11.0 Å². The van der Waals surface area contributed by atoms with Gasteiger partial charge < -0.3 is 15.2 Å². The van der Waals surface area contributed by atoms with E-state index in [0.29, 0.717) is 54.1 Å². The van der Waals surface area contributed by atoms with E-state index in [1.165, 1.54) is 0 Å². The first-order valence-electron chi connectivity index (χ1n) is 13.9. The first-order chi connectivity index (χ1) is 20.5. The molecule has 1 amide bonds. The van der Waals surface area contributed by atoms with E-state index in [9.17, 15) is 9.59 Å². The van der Waals surface area contributed by atoms with Gasteiger partial charge >= 0.3 is 5.69 Å². The zero-order valence-electron chi connectivity index (χ0n) is 22.7. The third-order valence-electron chi connectivity index (χ3n) is 8.06. The molecule has 2 aromatic heterocycles. The number of amidine groups is 2. The van der Waals surface area contributed by atoms with Gasteiger partial charge in [0.15, 0.2) is 5.82 Å². The molecule has 0 bridgehead atoms. The van der Waals surface area contributed by atoms with Crippen LogP contribution in [-0.4, -0.2) is 50.1 Å². The monoisotopic (exact) mass is 556 g/mol. The number of nitrogens with zero attached hydrogens (tertiary/aromatic N) is 4. The van der Waals surface area contributed by atoms with E-state index >= 15 is 0 Å². The third kappa shape index (κ3) is 4.24. The van der Waals surface area contributed by atoms with Crippen LogP contribution in [0, 0.1) is 10.8 Å². The van der Waals surface area contributed by atoms with E-state index in [1.54, 1.807) is 41.4 Å². The van der Waals surface area contributed by atoms with Gasteiger partial charge in [0.2, 0.25) is 0 Å². The number of carbonyl (C=O) groups is 1. The molecule has 10 nitrogen and oxygen atoms in total. The quantitative estimate of drug-likeness (QED) is 0.181. The zero-order chi connectivity index (χ0) is 28.8. The molecule has 0 spiro atoms. The van der Waals surface area contributed by atoms with Gasteiger partial charge in [0.05, 0.1) is 22.4 Å². The summed E-state index contributed by atoms with van der Waals surface area (Å²) in [5.74, 6) is 0.749. The summed E-state index contributed by atoms with van der Waals surface area (Å²) in [6.07, 6.45) is 3.06. The van der Waals surface area contributed by atoms with Crippen LogP contribution in [0.3, 0.4) is 0 Å². The molecule has 10 heteroatoms. The van der Waals surface area contributed by atoms with Crippen LogP contribution >= 0.6 is 0 Å². The maximum absolute atomic E-state index is 13.4. The van der Waals surface area contributed by atoms with Crippen molar-refractivity contribution in [3.8, 4) is 0 Å². The lowest BCUT2D eigenvalue weighted by Gasteiger charge is -2.32. The van der Waals surface area contributed by atoms with Gasteiger partial charge in [-0.25, -0.2) is 9.78 Å². The van der Waals surface area contributed by atoms with E-state index < -0.39 is 0 Å². The summed E-state index contributed by atoms with van der Waals surface area (Å²) >= 11 is 0. The Hall–Kier alpha value is -5.51. The summed E-state index contributed by atoms with van der Waals surface area (Å²) in [6.45, 7) is 1.10. The number of fused-ring (bicyclic) bond motifs is 3. The number of nitrogens with one attached hydrogen (secondary N) is 4. The second kappa shape index (κ2) is 10.2. The lowest BCUT2D eigenvalue weighted by molar-refractivity contribution is 0.0695. The number of hydrogen-bond acceptors (Lipinski definition) is 6. The first kappa shape index (κ1) is 25.5. The number of H-pyrrole nitrogens is 1. The lowest BCUT2D eigenvalue weighted by atomic mass is 10.0. The Morgan fingerprint density at radius 3 is 2.40 bits per heavy atom. The van der Waals surface area contributed by atoms with Crippen molar-refractivity contribution in [1.29, 1.82) is 10.8 Å². The number of para-hydroxylation sites is 3. The van der Waals surface area contributed by atoms with Crippen molar-refractivity contribution >= 4 is 45.8 Å². The summed E-state index contributed by atoms with van der Waals surface area (Å²) < 4.78 is 1.82. The minimum Gasteiger partial charge on any atom is -0.338 e. The Morgan fingerprint density at radius 1 is 0.881 bits per heavy atom. The Morgan fingerprint density at radius 2 is 1.60 bits per heavy atom. The van der Waals surface area contributed by atoms with E-state index in [-0.39, 0.29) is 29.3 Å². The number of aromatic nitrogens is 3. The number of carbonyl (C=O) groups excluding carboxylic acids is 1. The highest BCUT2D eigenvalue weighted by atomic mass is 16.2. The van der Waals surface area contributed by atoms with Crippen LogP contribution in [0.5, 0.6) is 0 Å². The first-order valence-corrected chi connectivity index (χ1v) is 13.9. The number of anilines is 3. The molecule has 208 valence electrons. The van der Waals surface area contributed by atoms with Gasteiger partial charge in [-0.2, -0.15) is 0 Å². The molecule has 1 fully saturated rings. The molecule has 5 aromatic rings. The molecule has 42 heavy (non-hydrogen) atoms. The summed E-state index contributed by atoms with van der Waals surface area (Å²) in [6, 6.07) is 25.8. The maximum Gasteiger partial charge on any atom is 0.326 e. The largest absolute Gasteiger partial charge is 0.338 e. The van der Waals surface area contributed by atoms with Gasteiger partial charge in [-0.1, -0.05) is 36.4 Å². The number of aromatic amines is 1. The fourth-order valence-electron chi connectivity index (χ4n) is 5.92. The van der Waals surface area contributed by atoms with Crippen molar-refractivity contribution in [1.82, 2.24) is 19.4 Å². The number of likely N-dealkylation sites (tertiary alicyclic amines) is 1. The number of imidazole rings is 1. The van der Waals surface area contributed by atoms with Crippen LogP contribution in [0.15, 0.2) is 95.9 Å². The molecule has 0 atom stereocenters. The predicted octanol–water partition coefficient (Wildman–Crippen LogP) is 5.12. The summed E-state index contributed by atoms with van der Waals surface area (Å²) in [7, 11) is 0. The normalized spacial score (nSPS) is 15.1. The molecule has 3 aromatic carbocycles. The minimum atomic E-state index is -0.117. The number of piperidine rings is 1. The van der Waals surface area contributed by atoms with Crippen molar-refractivity contribution < 1.29 is 4.79 Å². The van der Waals surface area contributed by atoms with Crippen molar-refractivity contribution in [2.45, 2.75) is 18.9 Å². The van der Waals surface area contributed by atoms with E-state index in [4.69, 9.17) is 10.8 Å². The van der Waals surface area contributed by atoms with Crippen LogP contribution < -0.4 is 15.9 Å². The van der Waals surface area contributed by atoms with Crippen LogP contribution in [0.4, 0.5) is 17.2 Å². The molecule has 4 N–H and O–H groups in total. The summed E-state index contributed by atoms with van der Waals surface area (Å²) in [5, 5.41) is 21.3.